The molecular formula is C23H31ClO. The van der Waals surface area contributed by atoms with Crippen LogP contribution in [0.3, 0.4) is 0 Å². The SMILES string of the molecule is CCCCCCCCCCOc1ccccc1-c1ccc(CCl)cc1. The lowest BCUT2D eigenvalue weighted by Gasteiger charge is -2.12. The summed E-state index contributed by atoms with van der Waals surface area (Å²) in [6.07, 6.45) is 10.6. The molecule has 0 spiro atoms. The predicted molar refractivity (Wildman–Crippen MR) is 110 cm³/mol. The Morgan fingerprint density at radius 3 is 2.08 bits per heavy atom. The van der Waals surface area contributed by atoms with Crippen LogP contribution in [0.4, 0.5) is 0 Å². The molecule has 0 N–H and O–H groups in total. The molecule has 2 rings (SSSR count). The minimum absolute atomic E-state index is 0.552. The zero-order chi connectivity index (χ0) is 17.7. The summed E-state index contributed by atoms with van der Waals surface area (Å²) in [7, 11) is 0. The van der Waals surface area contributed by atoms with Crippen molar-refractivity contribution in [2.75, 3.05) is 6.61 Å². The minimum Gasteiger partial charge on any atom is -0.493 e. The molecule has 1 nitrogen and oxygen atoms in total. The van der Waals surface area contributed by atoms with Gasteiger partial charge in [0.2, 0.25) is 0 Å². The van der Waals surface area contributed by atoms with E-state index in [4.69, 9.17) is 16.3 Å². The van der Waals surface area contributed by atoms with E-state index in [1.54, 1.807) is 0 Å². The predicted octanol–water partition coefficient (Wildman–Crippen LogP) is 7.61. The molecule has 0 fully saturated rings. The molecule has 0 saturated carbocycles. The van der Waals surface area contributed by atoms with Gasteiger partial charge in [0.25, 0.3) is 0 Å². The smallest absolute Gasteiger partial charge is 0.127 e. The monoisotopic (exact) mass is 358 g/mol. The Bertz CT molecular complexity index is 591. The molecule has 2 heteroatoms. The Labute approximate surface area is 158 Å². The largest absolute Gasteiger partial charge is 0.493 e. The van der Waals surface area contributed by atoms with Crippen LogP contribution in [0.5, 0.6) is 5.75 Å². The van der Waals surface area contributed by atoms with Crippen LogP contribution in [0, 0.1) is 0 Å². The first kappa shape index (κ1) is 19.8. The third kappa shape index (κ3) is 7.12. The van der Waals surface area contributed by atoms with E-state index >= 15 is 0 Å². The van der Waals surface area contributed by atoms with E-state index in [9.17, 15) is 0 Å². The summed E-state index contributed by atoms with van der Waals surface area (Å²) in [6.45, 7) is 3.06. The molecule has 0 heterocycles. The van der Waals surface area contributed by atoms with Crippen LogP contribution in [-0.4, -0.2) is 6.61 Å². The van der Waals surface area contributed by atoms with Crippen molar-refractivity contribution in [3.8, 4) is 16.9 Å². The van der Waals surface area contributed by atoms with Crippen molar-refractivity contribution in [1.29, 1.82) is 0 Å². The van der Waals surface area contributed by atoms with Crippen molar-refractivity contribution >= 4 is 11.6 Å². The summed E-state index contributed by atoms with van der Waals surface area (Å²) < 4.78 is 6.07. The highest BCUT2D eigenvalue weighted by molar-refractivity contribution is 6.17. The molecule has 0 radical (unpaired) electrons. The van der Waals surface area contributed by atoms with Crippen molar-refractivity contribution in [1.82, 2.24) is 0 Å². The first-order chi connectivity index (χ1) is 12.3. The molecule has 136 valence electrons. The lowest BCUT2D eigenvalue weighted by Crippen LogP contribution is -1.99. The van der Waals surface area contributed by atoms with Crippen LogP contribution < -0.4 is 4.74 Å². The summed E-state index contributed by atoms with van der Waals surface area (Å²) in [5.74, 6) is 1.53. The average Bonchev–Trinajstić information content (AvgIpc) is 2.67. The van der Waals surface area contributed by atoms with Gasteiger partial charge in [0, 0.05) is 11.4 Å². The van der Waals surface area contributed by atoms with E-state index in [0.29, 0.717) is 5.88 Å². The number of hydrogen-bond donors (Lipinski definition) is 0. The van der Waals surface area contributed by atoms with Crippen molar-refractivity contribution in [2.45, 2.75) is 64.2 Å². The van der Waals surface area contributed by atoms with Gasteiger partial charge in [-0.25, -0.2) is 0 Å². The topological polar surface area (TPSA) is 9.23 Å². The Balaban J connectivity index is 1.77. The second-order valence-corrected chi connectivity index (χ2v) is 6.92. The van der Waals surface area contributed by atoms with Gasteiger partial charge in [-0.2, -0.15) is 0 Å². The Hall–Kier alpha value is -1.47. The van der Waals surface area contributed by atoms with E-state index in [1.807, 2.05) is 6.07 Å². The molecule has 0 unspecified atom stereocenters. The molecule has 0 bridgehead atoms. The third-order valence-electron chi connectivity index (χ3n) is 4.56. The number of unbranched alkanes of at least 4 members (excludes halogenated alkanes) is 7. The highest BCUT2D eigenvalue weighted by Gasteiger charge is 2.05. The van der Waals surface area contributed by atoms with Gasteiger partial charge in [-0.1, -0.05) is 94.3 Å². The lowest BCUT2D eigenvalue weighted by atomic mass is 10.0. The van der Waals surface area contributed by atoms with Crippen molar-refractivity contribution in [3.05, 3.63) is 54.1 Å². The summed E-state index contributed by atoms with van der Waals surface area (Å²) >= 11 is 5.88. The second kappa shape index (κ2) is 12.0. The van der Waals surface area contributed by atoms with E-state index in [2.05, 4.69) is 49.4 Å². The molecule has 0 aliphatic carbocycles. The Morgan fingerprint density at radius 2 is 1.40 bits per heavy atom. The molecule has 25 heavy (non-hydrogen) atoms. The normalized spacial score (nSPS) is 10.8. The van der Waals surface area contributed by atoms with Crippen LogP contribution in [0.1, 0.15) is 63.9 Å². The fourth-order valence-corrected chi connectivity index (χ4v) is 3.20. The standard InChI is InChI=1S/C23H31ClO/c1-2-3-4-5-6-7-8-11-18-25-23-13-10-9-12-22(23)21-16-14-20(19-24)15-17-21/h9-10,12-17H,2-8,11,18-19H2,1H3. The minimum atomic E-state index is 0.552. The maximum Gasteiger partial charge on any atom is 0.127 e. The Morgan fingerprint density at radius 1 is 0.760 bits per heavy atom. The van der Waals surface area contributed by atoms with E-state index in [-0.39, 0.29) is 0 Å². The first-order valence-corrected chi connectivity index (χ1v) is 10.3. The third-order valence-corrected chi connectivity index (χ3v) is 4.87. The average molecular weight is 359 g/mol. The molecule has 0 amide bonds. The van der Waals surface area contributed by atoms with Crippen LogP contribution in [0.15, 0.2) is 48.5 Å². The van der Waals surface area contributed by atoms with Gasteiger partial charge in [0.15, 0.2) is 0 Å². The van der Waals surface area contributed by atoms with Crippen molar-refractivity contribution in [2.24, 2.45) is 0 Å². The highest BCUT2D eigenvalue weighted by Crippen LogP contribution is 2.30. The maximum atomic E-state index is 6.07. The van der Waals surface area contributed by atoms with Crippen LogP contribution in [0.2, 0.25) is 0 Å². The number of alkyl halides is 1. The summed E-state index contributed by atoms with van der Waals surface area (Å²) in [5.41, 5.74) is 3.48. The number of halogens is 1. The summed E-state index contributed by atoms with van der Waals surface area (Å²) in [5, 5.41) is 0. The lowest BCUT2D eigenvalue weighted by molar-refractivity contribution is 0.305. The summed E-state index contributed by atoms with van der Waals surface area (Å²) in [6, 6.07) is 16.7. The van der Waals surface area contributed by atoms with Crippen LogP contribution in [-0.2, 0) is 5.88 Å². The molecule has 0 aromatic heterocycles. The first-order valence-electron chi connectivity index (χ1n) is 9.72. The molecule has 0 atom stereocenters. The number of benzene rings is 2. The van der Waals surface area contributed by atoms with Crippen molar-refractivity contribution < 1.29 is 4.74 Å². The van der Waals surface area contributed by atoms with Gasteiger partial charge >= 0.3 is 0 Å². The van der Waals surface area contributed by atoms with Gasteiger partial charge in [0.1, 0.15) is 5.75 Å². The molecular weight excluding hydrogens is 328 g/mol. The fraction of sp³-hybridized carbons (Fsp3) is 0.478. The van der Waals surface area contributed by atoms with Crippen LogP contribution >= 0.6 is 11.6 Å². The molecule has 2 aromatic rings. The molecule has 0 aliphatic heterocycles. The van der Waals surface area contributed by atoms with Crippen molar-refractivity contribution in [3.63, 3.8) is 0 Å². The zero-order valence-electron chi connectivity index (χ0n) is 15.5. The maximum absolute atomic E-state index is 6.07. The highest BCUT2D eigenvalue weighted by atomic mass is 35.5. The number of ether oxygens (including phenoxy) is 1. The second-order valence-electron chi connectivity index (χ2n) is 6.65. The molecule has 0 aliphatic rings. The quantitative estimate of drug-likeness (QED) is 0.280. The van der Waals surface area contributed by atoms with E-state index in [1.165, 1.54) is 50.5 Å². The Kier molecular flexibility index (Phi) is 9.51. The van der Waals surface area contributed by atoms with E-state index in [0.717, 1.165) is 29.9 Å². The fourth-order valence-electron chi connectivity index (χ4n) is 3.02. The zero-order valence-corrected chi connectivity index (χ0v) is 16.2. The van der Waals surface area contributed by atoms with Gasteiger partial charge in [-0.05, 0) is 23.6 Å². The number of para-hydroxylation sites is 1. The molecule has 2 aromatic carbocycles. The number of rotatable bonds is 12. The van der Waals surface area contributed by atoms with Crippen LogP contribution in [0.25, 0.3) is 11.1 Å². The number of hydrogen-bond acceptors (Lipinski definition) is 1. The van der Waals surface area contributed by atoms with Gasteiger partial charge in [-0.15, -0.1) is 11.6 Å². The molecule has 0 saturated heterocycles. The van der Waals surface area contributed by atoms with Gasteiger partial charge in [0.05, 0.1) is 6.61 Å². The van der Waals surface area contributed by atoms with Gasteiger partial charge < -0.3 is 4.74 Å². The van der Waals surface area contributed by atoms with Gasteiger partial charge in [-0.3, -0.25) is 0 Å². The summed E-state index contributed by atoms with van der Waals surface area (Å²) in [4.78, 5) is 0. The van der Waals surface area contributed by atoms with E-state index < -0.39 is 0 Å².